The van der Waals surface area contributed by atoms with Crippen LogP contribution in [0.3, 0.4) is 0 Å². The number of phenols is 2. The molecule has 0 spiro atoms. The molecular formula is C17H20ClNO2. The lowest BCUT2D eigenvalue weighted by molar-refractivity contribution is 0.229. The van der Waals surface area contributed by atoms with E-state index in [9.17, 15) is 10.2 Å². The molecule has 0 fully saturated rings. The predicted octanol–water partition coefficient (Wildman–Crippen LogP) is 3.29. The molecular weight excluding hydrogens is 286 g/mol. The van der Waals surface area contributed by atoms with Crippen LogP contribution < -0.4 is 0 Å². The Labute approximate surface area is 131 Å². The zero-order valence-electron chi connectivity index (χ0n) is 12.0. The second kappa shape index (κ2) is 6.37. The number of benzene rings is 2. The minimum Gasteiger partial charge on any atom is -0.504 e. The molecule has 0 aliphatic carbocycles. The van der Waals surface area contributed by atoms with Gasteiger partial charge in [-0.2, -0.15) is 0 Å². The molecule has 2 aromatic carbocycles. The number of aromatic hydroxyl groups is 2. The summed E-state index contributed by atoms with van der Waals surface area (Å²) in [6.45, 7) is 1.05. The minimum atomic E-state index is -0.0638. The summed E-state index contributed by atoms with van der Waals surface area (Å²) < 4.78 is 0. The highest BCUT2D eigenvalue weighted by atomic mass is 35.5. The van der Waals surface area contributed by atoms with E-state index >= 15 is 0 Å². The van der Waals surface area contributed by atoms with Crippen molar-refractivity contribution >= 4 is 12.4 Å². The van der Waals surface area contributed by atoms with Gasteiger partial charge in [0.25, 0.3) is 0 Å². The molecule has 2 aromatic rings. The van der Waals surface area contributed by atoms with Crippen LogP contribution in [0, 0.1) is 0 Å². The average molecular weight is 306 g/mol. The van der Waals surface area contributed by atoms with E-state index < -0.39 is 0 Å². The topological polar surface area (TPSA) is 43.7 Å². The fraction of sp³-hybridized carbons (Fsp3) is 0.294. The van der Waals surface area contributed by atoms with Gasteiger partial charge >= 0.3 is 0 Å². The van der Waals surface area contributed by atoms with Crippen molar-refractivity contribution in [2.45, 2.75) is 18.9 Å². The second-order valence-corrected chi connectivity index (χ2v) is 5.47. The summed E-state index contributed by atoms with van der Waals surface area (Å²) in [7, 11) is 2.14. The normalized spacial score (nSPS) is 17.9. The van der Waals surface area contributed by atoms with Crippen molar-refractivity contribution < 1.29 is 10.2 Å². The molecule has 0 saturated heterocycles. The first-order valence-corrected chi connectivity index (χ1v) is 6.94. The van der Waals surface area contributed by atoms with Crippen LogP contribution in [0.15, 0.2) is 42.5 Å². The molecule has 0 radical (unpaired) electrons. The highest BCUT2D eigenvalue weighted by Crippen LogP contribution is 2.33. The number of hydrogen-bond acceptors (Lipinski definition) is 3. The van der Waals surface area contributed by atoms with E-state index in [1.54, 1.807) is 12.1 Å². The van der Waals surface area contributed by atoms with Gasteiger partial charge in [0.05, 0.1) is 0 Å². The zero-order valence-corrected chi connectivity index (χ0v) is 12.8. The molecule has 2 N–H and O–H groups in total. The molecule has 0 amide bonds. The molecule has 3 nitrogen and oxygen atoms in total. The molecule has 1 aliphatic heterocycles. The van der Waals surface area contributed by atoms with Gasteiger partial charge in [-0.15, -0.1) is 12.4 Å². The first kappa shape index (κ1) is 15.7. The van der Waals surface area contributed by atoms with Gasteiger partial charge in [-0.05, 0) is 48.7 Å². The smallest absolute Gasteiger partial charge is 0.157 e. The van der Waals surface area contributed by atoms with Crippen molar-refractivity contribution in [1.29, 1.82) is 0 Å². The van der Waals surface area contributed by atoms with Crippen LogP contribution >= 0.6 is 12.4 Å². The molecule has 1 aliphatic rings. The molecule has 1 heterocycles. The standard InChI is InChI=1S/C17H19NO2.ClH/c1-18-9-8-13-4-2-3-5-14(13)15(18)10-12-6-7-16(19)17(20)11-12;/h2-7,11,15,19-20H,8-10H2,1H3;1H. The number of fused-ring (bicyclic) bond motifs is 1. The van der Waals surface area contributed by atoms with Gasteiger partial charge in [0.1, 0.15) is 0 Å². The predicted molar refractivity (Wildman–Crippen MR) is 86.2 cm³/mol. The molecule has 21 heavy (non-hydrogen) atoms. The lowest BCUT2D eigenvalue weighted by Gasteiger charge is -2.34. The fourth-order valence-corrected chi connectivity index (χ4v) is 2.96. The Balaban J connectivity index is 0.00000161. The van der Waals surface area contributed by atoms with Crippen LogP contribution in [0.5, 0.6) is 11.5 Å². The zero-order chi connectivity index (χ0) is 14.1. The van der Waals surface area contributed by atoms with E-state index in [2.05, 4.69) is 36.2 Å². The lowest BCUT2D eigenvalue weighted by atomic mass is 9.89. The highest BCUT2D eigenvalue weighted by molar-refractivity contribution is 5.85. The van der Waals surface area contributed by atoms with Crippen LogP contribution in [-0.2, 0) is 12.8 Å². The van der Waals surface area contributed by atoms with Gasteiger partial charge in [-0.1, -0.05) is 30.3 Å². The fourth-order valence-electron chi connectivity index (χ4n) is 2.96. The van der Waals surface area contributed by atoms with Gasteiger partial charge in [0.2, 0.25) is 0 Å². The van der Waals surface area contributed by atoms with Crippen LogP contribution in [0.4, 0.5) is 0 Å². The van der Waals surface area contributed by atoms with Crippen molar-refractivity contribution in [2.24, 2.45) is 0 Å². The molecule has 0 aromatic heterocycles. The summed E-state index contributed by atoms with van der Waals surface area (Å²) in [6.07, 6.45) is 1.92. The minimum absolute atomic E-state index is 0. The monoisotopic (exact) mass is 305 g/mol. The van der Waals surface area contributed by atoms with Crippen LogP contribution in [0.2, 0.25) is 0 Å². The molecule has 4 heteroatoms. The largest absolute Gasteiger partial charge is 0.504 e. The van der Waals surface area contributed by atoms with Crippen LogP contribution in [-0.4, -0.2) is 28.7 Å². The van der Waals surface area contributed by atoms with Crippen LogP contribution in [0.25, 0.3) is 0 Å². The maximum Gasteiger partial charge on any atom is 0.157 e. The summed E-state index contributed by atoms with van der Waals surface area (Å²) in [6, 6.07) is 14.0. The Bertz CT molecular complexity index is 630. The summed E-state index contributed by atoms with van der Waals surface area (Å²) in [5, 5.41) is 19.0. The third-order valence-electron chi connectivity index (χ3n) is 4.15. The number of halogens is 1. The van der Waals surface area contributed by atoms with E-state index in [-0.39, 0.29) is 23.9 Å². The van der Waals surface area contributed by atoms with Crippen molar-refractivity contribution in [2.75, 3.05) is 13.6 Å². The molecule has 0 bridgehead atoms. The quantitative estimate of drug-likeness (QED) is 0.837. The Morgan fingerprint density at radius 3 is 2.62 bits per heavy atom. The first-order chi connectivity index (χ1) is 9.65. The molecule has 1 unspecified atom stereocenters. The first-order valence-electron chi connectivity index (χ1n) is 6.94. The van der Waals surface area contributed by atoms with E-state index in [0.717, 1.165) is 24.9 Å². The van der Waals surface area contributed by atoms with Gasteiger partial charge in [-0.25, -0.2) is 0 Å². The maximum atomic E-state index is 9.63. The number of rotatable bonds is 2. The molecule has 0 saturated carbocycles. The Hall–Kier alpha value is -1.71. The van der Waals surface area contributed by atoms with E-state index in [1.165, 1.54) is 11.1 Å². The Morgan fingerprint density at radius 2 is 1.86 bits per heavy atom. The highest BCUT2D eigenvalue weighted by Gasteiger charge is 2.24. The van der Waals surface area contributed by atoms with Crippen LogP contribution in [0.1, 0.15) is 22.7 Å². The Morgan fingerprint density at radius 1 is 1.10 bits per heavy atom. The number of nitrogens with zero attached hydrogens (tertiary/aromatic N) is 1. The van der Waals surface area contributed by atoms with E-state index in [4.69, 9.17) is 0 Å². The van der Waals surface area contributed by atoms with Gasteiger partial charge < -0.3 is 10.2 Å². The SMILES string of the molecule is CN1CCc2ccccc2C1Cc1ccc(O)c(O)c1.Cl. The van der Waals surface area contributed by atoms with E-state index in [1.807, 2.05) is 6.07 Å². The number of likely N-dealkylation sites (N-methyl/N-ethyl adjacent to an activating group) is 1. The Kier molecular flexibility index (Phi) is 4.76. The summed E-state index contributed by atoms with van der Waals surface area (Å²) >= 11 is 0. The molecule has 112 valence electrons. The number of hydrogen-bond donors (Lipinski definition) is 2. The van der Waals surface area contributed by atoms with Gasteiger partial charge in [0, 0.05) is 12.6 Å². The van der Waals surface area contributed by atoms with Crippen molar-refractivity contribution in [3.63, 3.8) is 0 Å². The summed E-state index contributed by atoms with van der Waals surface area (Å²) in [4.78, 5) is 2.35. The van der Waals surface area contributed by atoms with E-state index in [0.29, 0.717) is 6.04 Å². The lowest BCUT2D eigenvalue weighted by Crippen LogP contribution is -2.33. The molecule has 1 atom stereocenters. The summed E-state index contributed by atoms with van der Waals surface area (Å²) in [5.41, 5.74) is 3.82. The van der Waals surface area contributed by atoms with Gasteiger partial charge in [0.15, 0.2) is 11.5 Å². The maximum absolute atomic E-state index is 9.63. The number of phenolic OH excluding ortho intramolecular Hbond substituents is 2. The molecule has 3 rings (SSSR count). The third-order valence-corrected chi connectivity index (χ3v) is 4.15. The van der Waals surface area contributed by atoms with Gasteiger partial charge in [-0.3, -0.25) is 4.90 Å². The summed E-state index contributed by atoms with van der Waals surface area (Å²) in [5.74, 6) is -0.111. The van der Waals surface area contributed by atoms with Crippen molar-refractivity contribution in [1.82, 2.24) is 4.90 Å². The van der Waals surface area contributed by atoms with Crippen molar-refractivity contribution in [3.8, 4) is 11.5 Å². The average Bonchev–Trinajstić information content (AvgIpc) is 2.46. The third kappa shape index (κ3) is 3.14. The second-order valence-electron chi connectivity index (χ2n) is 5.47. The van der Waals surface area contributed by atoms with Crippen molar-refractivity contribution in [3.05, 3.63) is 59.2 Å².